The van der Waals surface area contributed by atoms with Crippen LogP contribution in [-0.2, 0) is 14.3 Å². The van der Waals surface area contributed by atoms with Crippen LogP contribution in [0.1, 0.15) is 82.7 Å². The van der Waals surface area contributed by atoms with Crippen LogP contribution in [0.15, 0.2) is 36.4 Å². The summed E-state index contributed by atoms with van der Waals surface area (Å²) < 4.78 is 5.50. The fourth-order valence-electron chi connectivity index (χ4n) is 4.49. The molecule has 0 aliphatic carbocycles. The van der Waals surface area contributed by atoms with Crippen LogP contribution < -0.4 is 10.6 Å². The summed E-state index contributed by atoms with van der Waals surface area (Å²) in [6, 6.07) is 9.41. The number of thioether (sulfide) groups is 1. The number of carbonyl (C=O) groups excluding carboxylic acids is 3. The zero-order valence-electron chi connectivity index (χ0n) is 26.1. The Labute approximate surface area is 255 Å². The van der Waals surface area contributed by atoms with Crippen molar-refractivity contribution < 1.29 is 19.1 Å². The van der Waals surface area contributed by atoms with Gasteiger partial charge in [0.05, 0.1) is 10.7 Å². The summed E-state index contributed by atoms with van der Waals surface area (Å²) in [5.41, 5.74) is 2.38. The second-order valence-corrected chi connectivity index (χ2v) is 13.4. The lowest BCUT2D eigenvalue weighted by molar-refractivity contribution is -0.147. The third-order valence-electron chi connectivity index (χ3n) is 7.06. The highest BCUT2D eigenvalue weighted by Crippen LogP contribution is 2.36. The Balaban J connectivity index is 2.73. The van der Waals surface area contributed by atoms with Gasteiger partial charge in [0.1, 0.15) is 17.7 Å². The number of hydrogen-bond acceptors (Lipinski definition) is 5. The van der Waals surface area contributed by atoms with Crippen LogP contribution in [0, 0.1) is 20.8 Å². The number of ether oxygens (including phenoxy) is 1. The molecule has 2 atom stereocenters. The van der Waals surface area contributed by atoms with Gasteiger partial charge in [0.25, 0.3) is 5.91 Å². The molecular weight excluding hydrogens is 558 g/mol. The van der Waals surface area contributed by atoms with E-state index in [1.54, 1.807) is 43.5 Å². The Morgan fingerprint density at radius 3 is 2.24 bits per heavy atom. The van der Waals surface area contributed by atoms with Gasteiger partial charge in [0.2, 0.25) is 5.91 Å². The second kappa shape index (κ2) is 14.5. The number of halogens is 1. The van der Waals surface area contributed by atoms with Gasteiger partial charge in [-0.1, -0.05) is 54.4 Å². The largest absolute Gasteiger partial charge is 0.444 e. The fourth-order valence-corrected chi connectivity index (χ4v) is 5.23. The molecule has 0 heterocycles. The van der Waals surface area contributed by atoms with Gasteiger partial charge >= 0.3 is 6.09 Å². The van der Waals surface area contributed by atoms with Gasteiger partial charge in [-0.05, 0) is 103 Å². The lowest BCUT2D eigenvalue weighted by atomic mass is 9.89. The van der Waals surface area contributed by atoms with Gasteiger partial charge < -0.3 is 20.3 Å². The van der Waals surface area contributed by atoms with E-state index in [4.69, 9.17) is 16.3 Å². The molecule has 0 aliphatic rings. The number of aryl methyl sites for hydroxylation is 3. The summed E-state index contributed by atoms with van der Waals surface area (Å²) in [6.07, 6.45) is 2.22. The van der Waals surface area contributed by atoms with Gasteiger partial charge in [0.15, 0.2) is 0 Å². The third kappa shape index (κ3) is 9.40. The first-order valence-electron chi connectivity index (χ1n) is 14.0. The first-order valence-corrected chi connectivity index (χ1v) is 15.7. The molecule has 0 fully saturated rings. The number of carbonyl (C=O) groups is 3. The van der Waals surface area contributed by atoms with Gasteiger partial charge in [-0.3, -0.25) is 9.59 Å². The molecule has 0 spiro atoms. The van der Waals surface area contributed by atoms with E-state index in [1.807, 2.05) is 78.1 Å². The highest BCUT2D eigenvalue weighted by atomic mass is 35.5. The van der Waals surface area contributed by atoms with Crippen LogP contribution in [0.3, 0.4) is 0 Å². The number of nitrogens with one attached hydrogen (secondary N) is 2. The van der Waals surface area contributed by atoms with Crippen LogP contribution in [0.25, 0.3) is 0 Å². The molecule has 2 aromatic rings. The maximum atomic E-state index is 14.6. The molecule has 0 aromatic heterocycles. The molecule has 2 rings (SSSR count). The van der Waals surface area contributed by atoms with Crippen molar-refractivity contribution in [2.45, 2.75) is 98.4 Å². The zero-order valence-corrected chi connectivity index (χ0v) is 27.7. The normalized spacial score (nSPS) is 13.2. The molecule has 0 aliphatic heterocycles. The van der Waals surface area contributed by atoms with Crippen LogP contribution >= 0.6 is 23.4 Å². The summed E-state index contributed by atoms with van der Waals surface area (Å²) in [6.45, 7) is 16.9. The summed E-state index contributed by atoms with van der Waals surface area (Å²) in [5, 5.41) is 6.25. The number of amides is 3. The monoisotopic (exact) mass is 603 g/mol. The van der Waals surface area contributed by atoms with Crippen molar-refractivity contribution in [3.8, 4) is 0 Å². The van der Waals surface area contributed by atoms with Crippen LogP contribution in [-0.4, -0.2) is 52.0 Å². The number of hydrogen-bond donors (Lipinski definition) is 2. The predicted molar refractivity (Wildman–Crippen MR) is 171 cm³/mol. The highest BCUT2D eigenvalue weighted by Gasteiger charge is 2.43. The molecule has 0 saturated carbocycles. The van der Waals surface area contributed by atoms with E-state index in [0.717, 1.165) is 16.7 Å². The van der Waals surface area contributed by atoms with Gasteiger partial charge in [-0.2, -0.15) is 11.8 Å². The van der Waals surface area contributed by atoms with E-state index in [-0.39, 0.29) is 11.8 Å². The molecule has 0 radical (unpaired) electrons. The predicted octanol–water partition coefficient (Wildman–Crippen LogP) is 7.61. The molecule has 2 N–H and O–H groups in total. The molecule has 41 heavy (non-hydrogen) atoms. The zero-order chi connectivity index (χ0) is 31.1. The first-order chi connectivity index (χ1) is 19.0. The van der Waals surface area contributed by atoms with E-state index in [0.29, 0.717) is 34.9 Å². The van der Waals surface area contributed by atoms with E-state index in [9.17, 15) is 14.4 Å². The third-order valence-corrected chi connectivity index (χ3v) is 8.02. The van der Waals surface area contributed by atoms with Crippen molar-refractivity contribution in [2.75, 3.05) is 17.3 Å². The van der Waals surface area contributed by atoms with Crippen molar-refractivity contribution in [3.05, 3.63) is 63.7 Å². The Morgan fingerprint density at radius 1 is 1.02 bits per heavy atom. The lowest BCUT2D eigenvalue weighted by Gasteiger charge is -2.45. The van der Waals surface area contributed by atoms with Crippen molar-refractivity contribution in [1.82, 2.24) is 10.2 Å². The molecule has 0 saturated heterocycles. The number of benzene rings is 2. The average molecular weight is 604 g/mol. The van der Waals surface area contributed by atoms with Gasteiger partial charge in [0, 0.05) is 5.54 Å². The number of alkyl carbamates (subject to hydrolysis) is 1. The topological polar surface area (TPSA) is 87.7 Å². The Bertz CT molecular complexity index is 1220. The minimum Gasteiger partial charge on any atom is -0.444 e. The maximum Gasteiger partial charge on any atom is 0.408 e. The molecule has 9 heteroatoms. The Morgan fingerprint density at radius 2 is 1.68 bits per heavy atom. The smallest absolute Gasteiger partial charge is 0.408 e. The Kier molecular flexibility index (Phi) is 12.2. The number of rotatable bonds is 11. The summed E-state index contributed by atoms with van der Waals surface area (Å²) >= 11 is 8.08. The first kappa shape index (κ1) is 34.5. The quantitative estimate of drug-likeness (QED) is 0.276. The van der Waals surface area contributed by atoms with Crippen molar-refractivity contribution in [3.63, 3.8) is 0 Å². The van der Waals surface area contributed by atoms with Crippen molar-refractivity contribution in [2.24, 2.45) is 0 Å². The number of nitrogens with zero attached hydrogens (tertiary/aromatic N) is 1. The number of para-hydroxylation sites is 1. The van der Waals surface area contributed by atoms with Crippen molar-refractivity contribution in [1.29, 1.82) is 0 Å². The summed E-state index contributed by atoms with van der Waals surface area (Å²) in [5.74, 6) is -0.106. The van der Waals surface area contributed by atoms with Crippen molar-refractivity contribution >= 4 is 47.0 Å². The fraction of sp³-hybridized carbons (Fsp3) is 0.531. The number of anilines is 1. The molecular formula is C32H46ClN3O4S. The van der Waals surface area contributed by atoms with Crippen LogP contribution in [0.2, 0.25) is 5.02 Å². The molecule has 226 valence electrons. The van der Waals surface area contributed by atoms with Crippen LogP contribution in [0.4, 0.5) is 10.5 Å². The summed E-state index contributed by atoms with van der Waals surface area (Å²) in [7, 11) is 0. The maximum absolute atomic E-state index is 14.6. The molecule has 0 bridgehead atoms. The van der Waals surface area contributed by atoms with E-state index in [1.165, 1.54) is 0 Å². The van der Waals surface area contributed by atoms with Gasteiger partial charge in [-0.25, -0.2) is 4.79 Å². The lowest BCUT2D eigenvalue weighted by Crippen LogP contribution is -2.59. The van der Waals surface area contributed by atoms with Crippen LogP contribution in [0.5, 0.6) is 0 Å². The average Bonchev–Trinajstić information content (AvgIpc) is 2.87. The van der Waals surface area contributed by atoms with Gasteiger partial charge in [-0.15, -0.1) is 0 Å². The van der Waals surface area contributed by atoms with E-state index < -0.39 is 29.3 Å². The second-order valence-electron chi connectivity index (χ2n) is 12.0. The molecule has 3 amide bonds. The minimum atomic E-state index is -0.995. The molecule has 7 nitrogen and oxygen atoms in total. The SMILES string of the molecule is CCC(C)(C)N(C(=O)C(CCSC)NC(=O)OC(C)(C)C)C(C(=O)Nc1c(C)cccc1Cl)c1cc(C)ccc1C. The summed E-state index contributed by atoms with van der Waals surface area (Å²) in [4.78, 5) is 43.5. The van der Waals surface area contributed by atoms with E-state index in [2.05, 4.69) is 10.6 Å². The molecule has 2 aromatic carbocycles. The van der Waals surface area contributed by atoms with E-state index >= 15 is 0 Å². The Hall–Kier alpha value is -2.71. The molecule has 2 unspecified atom stereocenters. The highest BCUT2D eigenvalue weighted by molar-refractivity contribution is 7.98. The minimum absolute atomic E-state index is 0.353. The standard InChI is InChI=1S/C32H46ClN3O4S/c1-11-32(8,9)36(29(38)25(17-18-41-10)34-30(39)40-31(5,6)7)27(23-19-20(2)15-16-21(23)3)28(37)35-26-22(4)13-12-14-24(26)33/h12-16,19,25,27H,11,17-18H2,1-10H3,(H,34,39)(H,35,37).